The number of anilines is 2. The SMILES string of the molecule is Cc1cc2c(cc1N)N(Cc1ncccc1C)CC2. The number of pyridine rings is 1. The molecular weight excluding hydrogens is 234 g/mol. The number of nitrogen functional groups attached to an aromatic ring is 1. The van der Waals surface area contributed by atoms with Gasteiger partial charge in [0.1, 0.15) is 0 Å². The molecule has 1 aromatic heterocycles. The number of rotatable bonds is 2. The molecule has 0 fully saturated rings. The fourth-order valence-corrected chi connectivity index (χ4v) is 2.67. The number of nitrogens with two attached hydrogens (primary N) is 1. The minimum absolute atomic E-state index is 0.863. The van der Waals surface area contributed by atoms with E-state index in [4.69, 9.17) is 5.73 Å². The maximum absolute atomic E-state index is 6.04. The van der Waals surface area contributed by atoms with Crippen molar-refractivity contribution in [1.29, 1.82) is 0 Å². The molecule has 1 aliphatic rings. The van der Waals surface area contributed by atoms with E-state index in [1.165, 1.54) is 22.4 Å². The topological polar surface area (TPSA) is 42.1 Å². The second-order valence-electron chi connectivity index (χ2n) is 5.28. The molecule has 0 amide bonds. The first-order valence-electron chi connectivity index (χ1n) is 6.69. The average Bonchev–Trinajstić information content (AvgIpc) is 2.76. The Morgan fingerprint density at radius 2 is 2.11 bits per heavy atom. The molecule has 3 nitrogen and oxygen atoms in total. The van der Waals surface area contributed by atoms with Gasteiger partial charge in [-0.15, -0.1) is 0 Å². The monoisotopic (exact) mass is 253 g/mol. The quantitative estimate of drug-likeness (QED) is 0.837. The molecule has 0 unspecified atom stereocenters. The van der Waals surface area contributed by atoms with Crippen molar-refractivity contribution < 1.29 is 0 Å². The van der Waals surface area contributed by atoms with Crippen LogP contribution < -0.4 is 10.6 Å². The smallest absolute Gasteiger partial charge is 0.0626 e. The Kier molecular flexibility index (Phi) is 2.90. The molecule has 0 spiro atoms. The lowest BCUT2D eigenvalue weighted by molar-refractivity contribution is 0.808. The van der Waals surface area contributed by atoms with Gasteiger partial charge in [0.25, 0.3) is 0 Å². The molecule has 2 N–H and O–H groups in total. The molecule has 0 atom stereocenters. The van der Waals surface area contributed by atoms with Gasteiger partial charge in [-0.25, -0.2) is 0 Å². The molecule has 1 aromatic carbocycles. The van der Waals surface area contributed by atoms with Crippen LogP contribution in [0.1, 0.15) is 22.4 Å². The van der Waals surface area contributed by atoms with Gasteiger partial charge in [-0.05, 0) is 49.1 Å². The van der Waals surface area contributed by atoms with Crippen LogP contribution in [0.3, 0.4) is 0 Å². The van der Waals surface area contributed by atoms with E-state index in [1.807, 2.05) is 12.3 Å². The summed E-state index contributed by atoms with van der Waals surface area (Å²) in [6.07, 6.45) is 2.96. The van der Waals surface area contributed by atoms with E-state index in [1.54, 1.807) is 0 Å². The van der Waals surface area contributed by atoms with Crippen LogP contribution in [-0.2, 0) is 13.0 Å². The summed E-state index contributed by atoms with van der Waals surface area (Å²) >= 11 is 0. The van der Waals surface area contributed by atoms with Crippen LogP contribution in [0.4, 0.5) is 11.4 Å². The van der Waals surface area contributed by atoms with E-state index in [0.717, 1.165) is 30.9 Å². The first-order valence-corrected chi connectivity index (χ1v) is 6.69. The number of hydrogen-bond acceptors (Lipinski definition) is 3. The normalized spacial score (nSPS) is 13.7. The van der Waals surface area contributed by atoms with Crippen LogP contribution in [-0.4, -0.2) is 11.5 Å². The zero-order valence-electron chi connectivity index (χ0n) is 11.5. The van der Waals surface area contributed by atoms with Crippen LogP contribution in [0.2, 0.25) is 0 Å². The fourth-order valence-electron chi connectivity index (χ4n) is 2.67. The van der Waals surface area contributed by atoms with Crippen LogP contribution in [0, 0.1) is 13.8 Å². The van der Waals surface area contributed by atoms with Gasteiger partial charge in [0, 0.05) is 24.1 Å². The molecule has 98 valence electrons. The third kappa shape index (κ3) is 2.16. The van der Waals surface area contributed by atoms with Gasteiger partial charge >= 0.3 is 0 Å². The van der Waals surface area contributed by atoms with Crippen molar-refractivity contribution in [3.05, 3.63) is 52.8 Å². The summed E-state index contributed by atoms with van der Waals surface area (Å²) in [4.78, 5) is 6.86. The number of benzene rings is 1. The highest BCUT2D eigenvalue weighted by atomic mass is 15.2. The molecule has 0 bridgehead atoms. The van der Waals surface area contributed by atoms with Gasteiger partial charge < -0.3 is 10.6 Å². The molecular formula is C16H19N3. The van der Waals surface area contributed by atoms with E-state index in [2.05, 4.69) is 41.9 Å². The standard InChI is InChI=1S/C16H19N3/c1-11-4-3-6-18-15(11)10-19-7-5-13-8-12(2)14(17)9-16(13)19/h3-4,6,8-9H,5,7,10,17H2,1-2H3. The fraction of sp³-hybridized carbons (Fsp3) is 0.312. The Labute approximate surface area is 114 Å². The molecule has 3 rings (SSSR count). The molecule has 0 aliphatic carbocycles. The molecule has 2 aromatic rings. The molecule has 3 heteroatoms. The van der Waals surface area contributed by atoms with Crippen LogP contribution in [0.5, 0.6) is 0 Å². The highest BCUT2D eigenvalue weighted by Gasteiger charge is 2.20. The van der Waals surface area contributed by atoms with Gasteiger partial charge in [-0.1, -0.05) is 12.1 Å². The molecule has 1 aliphatic heterocycles. The van der Waals surface area contributed by atoms with Crippen LogP contribution >= 0.6 is 0 Å². The third-order valence-electron chi connectivity index (χ3n) is 3.92. The lowest BCUT2D eigenvalue weighted by atomic mass is 10.1. The Bertz CT molecular complexity index is 619. The lowest BCUT2D eigenvalue weighted by Crippen LogP contribution is -2.21. The summed E-state index contributed by atoms with van der Waals surface area (Å²) in [7, 11) is 0. The predicted molar refractivity (Wildman–Crippen MR) is 79.3 cm³/mol. The van der Waals surface area contributed by atoms with Crippen molar-refractivity contribution in [1.82, 2.24) is 4.98 Å². The summed E-state index contributed by atoms with van der Waals surface area (Å²) in [6, 6.07) is 8.42. The first kappa shape index (κ1) is 12.0. The van der Waals surface area contributed by atoms with E-state index in [0.29, 0.717) is 0 Å². The van der Waals surface area contributed by atoms with Crippen molar-refractivity contribution in [2.24, 2.45) is 0 Å². The van der Waals surface area contributed by atoms with Gasteiger partial charge in [0.15, 0.2) is 0 Å². The average molecular weight is 253 g/mol. The number of fused-ring (bicyclic) bond motifs is 1. The zero-order chi connectivity index (χ0) is 13.4. The Morgan fingerprint density at radius 1 is 1.26 bits per heavy atom. The van der Waals surface area contributed by atoms with Crippen LogP contribution in [0.25, 0.3) is 0 Å². The third-order valence-corrected chi connectivity index (χ3v) is 3.92. The summed E-state index contributed by atoms with van der Waals surface area (Å²) in [5, 5.41) is 0. The van der Waals surface area contributed by atoms with E-state index >= 15 is 0 Å². The second-order valence-corrected chi connectivity index (χ2v) is 5.28. The Morgan fingerprint density at radius 3 is 2.89 bits per heavy atom. The predicted octanol–water partition coefficient (Wildman–Crippen LogP) is 2.84. The summed E-state index contributed by atoms with van der Waals surface area (Å²) < 4.78 is 0. The van der Waals surface area contributed by atoms with E-state index < -0.39 is 0 Å². The second kappa shape index (κ2) is 4.57. The Hall–Kier alpha value is -2.03. The highest BCUT2D eigenvalue weighted by molar-refractivity contribution is 5.67. The van der Waals surface area contributed by atoms with Gasteiger partial charge in [0.2, 0.25) is 0 Å². The van der Waals surface area contributed by atoms with Crippen molar-refractivity contribution >= 4 is 11.4 Å². The molecule has 0 saturated heterocycles. The zero-order valence-corrected chi connectivity index (χ0v) is 11.5. The van der Waals surface area contributed by atoms with Crippen molar-refractivity contribution in [2.45, 2.75) is 26.8 Å². The first-order chi connectivity index (χ1) is 9.15. The van der Waals surface area contributed by atoms with E-state index in [-0.39, 0.29) is 0 Å². The number of aryl methyl sites for hydroxylation is 2. The largest absolute Gasteiger partial charge is 0.398 e. The van der Waals surface area contributed by atoms with E-state index in [9.17, 15) is 0 Å². The van der Waals surface area contributed by atoms with Gasteiger partial charge in [-0.3, -0.25) is 4.98 Å². The summed E-state index contributed by atoms with van der Waals surface area (Å²) in [5.74, 6) is 0. The molecule has 2 heterocycles. The molecule has 19 heavy (non-hydrogen) atoms. The Balaban J connectivity index is 1.91. The maximum atomic E-state index is 6.04. The van der Waals surface area contributed by atoms with Crippen molar-refractivity contribution in [3.63, 3.8) is 0 Å². The number of aromatic nitrogens is 1. The maximum Gasteiger partial charge on any atom is 0.0626 e. The molecule has 0 saturated carbocycles. The number of nitrogens with zero attached hydrogens (tertiary/aromatic N) is 2. The lowest BCUT2D eigenvalue weighted by Gasteiger charge is -2.20. The minimum atomic E-state index is 0.863. The number of hydrogen-bond donors (Lipinski definition) is 1. The minimum Gasteiger partial charge on any atom is -0.398 e. The summed E-state index contributed by atoms with van der Waals surface area (Å²) in [6.45, 7) is 6.10. The van der Waals surface area contributed by atoms with Crippen molar-refractivity contribution in [3.8, 4) is 0 Å². The van der Waals surface area contributed by atoms with Crippen LogP contribution in [0.15, 0.2) is 30.5 Å². The van der Waals surface area contributed by atoms with Crippen molar-refractivity contribution in [2.75, 3.05) is 17.2 Å². The van der Waals surface area contributed by atoms with Gasteiger partial charge in [0.05, 0.1) is 12.2 Å². The van der Waals surface area contributed by atoms with Gasteiger partial charge in [-0.2, -0.15) is 0 Å². The highest BCUT2D eigenvalue weighted by Crippen LogP contribution is 2.33. The molecule has 0 radical (unpaired) electrons. The summed E-state index contributed by atoms with van der Waals surface area (Å²) in [5.41, 5.74) is 13.2.